The molecule has 1 aliphatic rings. The van der Waals surface area contributed by atoms with Gasteiger partial charge in [0.1, 0.15) is 12.4 Å². The van der Waals surface area contributed by atoms with Crippen LogP contribution in [0.25, 0.3) is 0 Å². The van der Waals surface area contributed by atoms with Crippen LogP contribution in [0.4, 0.5) is 0 Å². The molecule has 5 nitrogen and oxygen atoms in total. The van der Waals surface area contributed by atoms with Crippen molar-refractivity contribution in [3.63, 3.8) is 0 Å². The van der Waals surface area contributed by atoms with E-state index < -0.39 is 6.10 Å². The highest BCUT2D eigenvalue weighted by atomic mass is 16.5. The molecule has 2 rings (SSSR count). The summed E-state index contributed by atoms with van der Waals surface area (Å²) in [6.45, 7) is 3.32. The van der Waals surface area contributed by atoms with E-state index in [9.17, 15) is 5.11 Å². The van der Waals surface area contributed by atoms with Crippen LogP contribution >= 0.6 is 0 Å². The fourth-order valence-corrected chi connectivity index (χ4v) is 2.91. The van der Waals surface area contributed by atoms with E-state index in [0.29, 0.717) is 6.54 Å². The lowest BCUT2D eigenvalue weighted by atomic mass is 10.1. The van der Waals surface area contributed by atoms with Crippen LogP contribution in [0.5, 0.6) is 5.75 Å². The summed E-state index contributed by atoms with van der Waals surface area (Å²) in [4.78, 5) is 2.20. The molecule has 0 aliphatic carbocycles. The van der Waals surface area contributed by atoms with Gasteiger partial charge in [0.05, 0.1) is 25.9 Å². The molecule has 0 bridgehead atoms. The monoisotopic (exact) mass is 333 g/mol. The second-order valence-electron chi connectivity index (χ2n) is 6.05. The number of nitrogens with zero attached hydrogens (tertiary/aromatic N) is 1. The van der Waals surface area contributed by atoms with Crippen molar-refractivity contribution in [2.45, 2.75) is 31.6 Å². The largest absolute Gasteiger partial charge is 0.497 e. The number of methoxy groups -OCH3 is 1. The Morgan fingerprint density at radius 1 is 1.50 bits per heavy atom. The summed E-state index contributed by atoms with van der Waals surface area (Å²) in [6.07, 6.45) is 6.98. The highest BCUT2D eigenvalue weighted by Gasteiger charge is 2.21. The predicted octanol–water partition coefficient (Wildman–Crippen LogP) is 1.69. The summed E-state index contributed by atoms with van der Waals surface area (Å²) < 4.78 is 16.3. The first-order chi connectivity index (χ1) is 11.7. The van der Waals surface area contributed by atoms with Crippen LogP contribution < -0.4 is 4.74 Å². The number of benzene rings is 1. The summed E-state index contributed by atoms with van der Waals surface area (Å²) in [5.74, 6) is 3.24. The average Bonchev–Trinajstić information content (AvgIpc) is 3.08. The molecule has 1 aliphatic heterocycles. The molecular weight excluding hydrogens is 306 g/mol. The van der Waals surface area contributed by atoms with E-state index in [0.717, 1.165) is 43.9 Å². The fourth-order valence-electron chi connectivity index (χ4n) is 2.91. The number of aliphatic hydroxyl groups excluding tert-OH is 1. The van der Waals surface area contributed by atoms with E-state index in [1.54, 1.807) is 7.11 Å². The van der Waals surface area contributed by atoms with Crippen LogP contribution in [0.1, 0.15) is 18.4 Å². The SMILES string of the molecule is C#CCOC[C@H](O)CN(Cc1cccc(OC)c1)C[C@H]1CCCO1. The van der Waals surface area contributed by atoms with Crippen molar-refractivity contribution in [3.05, 3.63) is 29.8 Å². The minimum absolute atomic E-state index is 0.221. The number of rotatable bonds is 10. The quantitative estimate of drug-likeness (QED) is 0.522. The molecule has 1 heterocycles. The summed E-state index contributed by atoms with van der Waals surface area (Å²) in [5.41, 5.74) is 1.14. The third-order valence-electron chi connectivity index (χ3n) is 3.99. The number of hydrogen-bond donors (Lipinski definition) is 1. The van der Waals surface area contributed by atoms with E-state index in [4.69, 9.17) is 20.6 Å². The number of aliphatic hydroxyl groups is 1. The van der Waals surface area contributed by atoms with E-state index in [2.05, 4.69) is 16.9 Å². The lowest BCUT2D eigenvalue weighted by molar-refractivity contribution is 0.00954. The maximum Gasteiger partial charge on any atom is 0.119 e. The first-order valence-corrected chi connectivity index (χ1v) is 8.37. The van der Waals surface area contributed by atoms with Crippen molar-refractivity contribution in [1.82, 2.24) is 4.90 Å². The maximum absolute atomic E-state index is 10.2. The minimum atomic E-state index is -0.578. The summed E-state index contributed by atoms with van der Waals surface area (Å²) in [5, 5.41) is 10.2. The molecule has 1 N–H and O–H groups in total. The average molecular weight is 333 g/mol. The van der Waals surface area contributed by atoms with Crippen LogP contribution in [0.3, 0.4) is 0 Å². The molecule has 1 aromatic carbocycles. The van der Waals surface area contributed by atoms with Crippen LogP contribution in [0, 0.1) is 12.3 Å². The Hall–Kier alpha value is -1.58. The van der Waals surface area contributed by atoms with Gasteiger partial charge in [-0.15, -0.1) is 6.42 Å². The molecule has 132 valence electrons. The van der Waals surface area contributed by atoms with Crippen LogP contribution in [0.2, 0.25) is 0 Å². The smallest absolute Gasteiger partial charge is 0.119 e. The fraction of sp³-hybridized carbons (Fsp3) is 0.579. The van der Waals surface area contributed by atoms with Gasteiger partial charge in [0.15, 0.2) is 0 Å². The van der Waals surface area contributed by atoms with Gasteiger partial charge < -0.3 is 19.3 Å². The van der Waals surface area contributed by atoms with E-state index in [1.807, 2.05) is 18.2 Å². The standard InChI is InChI=1S/C19H27NO4/c1-3-9-23-15-17(21)13-20(14-19-8-5-10-24-19)12-16-6-4-7-18(11-16)22-2/h1,4,6-7,11,17,19,21H,5,8-10,12-15H2,2H3/t17-,19-/m1/s1. The van der Waals surface area contributed by atoms with Gasteiger partial charge in [-0.25, -0.2) is 0 Å². The number of terminal acetylenes is 1. The van der Waals surface area contributed by atoms with Crippen molar-refractivity contribution in [1.29, 1.82) is 0 Å². The Kier molecular flexibility index (Phi) is 8.06. The third kappa shape index (κ3) is 6.50. The van der Waals surface area contributed by atoms with Crippen molar-refractivity contribution in [2.24, 2.45) is 0 Å². The van der Waals surface area contributed by atoms with E-state index in [-0.39, 0.29) is 19.3 Å². The highest BCUT2D eigenvalue weighted by Crippen LogP contribution is 2.18. The Balaban J connectivity index is 1.94. The molecular formula is C19H27NO4. The van der Waals surface area contributed by atoms with Crippen molar-refractivity contribution < 1.29 is 19.3 Å². The molecule has 0 radical (unpaired) electrons. The van der Waals surface area contributed by atoms with Crippen LogP contribution in [0.15, 0.2) is 24.3 Å². The summed E-state index contributed by atoms with van der Waals surface area (Å²) in [6, 6.07) is 7.98. The first kappa shape index (κ1) is 18.8. The van der Waals surface area contributed by atoms with Crippen molar-refractivity contribution >= 4 is 0 Å². The summed E-state index contributed by atoms with van der Waals surface area (Å²) >= 11 is 0. The number of ether oxygens (including phenoxy) is 3. The molecule has 1 saturated heterocycles. The molecule has 5 heteroatoms. The molecule has 0 unspecified atom stereocenters. The Morgan fingerprint density at radius 2 is 2.38 bits per heavy atom. The normalized spacial score (nSPS) is 18.5. The third-order valence-corrected chi connectivity index (χ3v) is 3.99. The maximum atomic E-state index is 10.2. The molecule has 0 saturated carbocycles. The zero-order chi connectivity index (χ0) is 17.2. The first-order valence-electron chi connectivity index (χ1n) is 8.37. The van der Waals surface area contributed by atoms with Gasteiger partial charge in [-0.1, -0.05) is 18.1 Å². The lowest BCUT2D eigenvalue weighted by Gasteiger charge is -2.27. The Morgan fingerprint density at radius 3 is 3.08 bits per heavy atom. The Labute approximate surface area is 144 Å². The molecule has 0 aromatic heterocycles. The zero-order valence-corrected chi connectivity index (χ0v) is 14.3. The zero-order valence-electron chi connectivity index (χ0n) is 14.3. The second-order valence-corrected chi connectivity index (χ2v) is 6.05. The van der Waals surface area contributed by atoms with Crippen LogP contribution in [-0.2, 0) is 16.0 Å². The number of hydrogen-bond acceptors (Lipinski definition) is 5. The molecule has 24 heavy (non-hydrogen) atoms. The van der Waals surface area contributed by atoms with Gasteiger partial charge in [0, 0.05) is 26.2 Å². The molecule has 2 atom stereocenters. The van der Waals surface area contributed by atoms with Gasteiger partial charge in [-0.2, -0.15) is 0 Å². The lowest BCUT2D eigenvalue weighted by Crippen LogP contribution is -2.39. The molecule has 0 spiro atoms. The van der Waals surface area contributed by atoms with Crippen molar-refractivity contribution in [3.8, 4) is 18.1 Å². The van der Waals surface area contributed by atoms with Gasteiger partial charge in [0.2, 0.25) is 0 Å². The Bertz CT molecular complexity index is 522. The molecule has 1 aromatic rings. The van der Waals surface area contributed by atoms with Gasteiger partial charge in [-0.3, -0.25) is 4.90 Å². The second kappa shape index (κ2) is 10.3. The predicted molar refractivity (Wildman–Crippen MR) is 92.9 cm³/mol. The molecule has 0 amide bonds. The van der Waals surface area contributed by atoms with Gasteiger partial charge in [-0.05, 0) is 30.5 Å². The highest BCUT2D eigenvalue weighted by molar-refractivity contribution is 5.28. The van der Waals surface area contributed by atoms with E-state index in [1.165, 1.54) is 0 Å². The van der Waals surface area contributed by atoms with Crippen molar-refractivity contribution in [2.75, 3.05) is 40.0 Å². The van der Waals surface area contributed by atoms with E-state index >= 15 is 0 Å². The van der Waals surface area contributed by atoms with Crippen LogP contribution in [-0.4, -0.2) is 62.2 Å². The summed E-state index contributed by atoms with van der Waals surface area (Å²) in [7, 11) is 1.66. The topological polar surface area (TPSA) is 51.2 Å². The van der Waals surface area contributed by atoms with Gasteiger partial charge in [0.25, 0.3) is 0 Å². The molecule has 1 fully saturated rings. The minimum Gasteiger partial charge on any atom is -0.497 e. The van der Waals surface area contributed by atoms with Gasteiger partial charge >= 0.3 is 0 Å².